The highest BCUT2D eigenvalue weighted by molar-refractivity contribution is 7.80. The predicted octanol–water partition coefficient (Wildman–Crippen LogP) is 3.22. The minimum absolute atomic E-state index is 0.407. The molecule has 1 aromatic heterocycles. The van der Waals surface area contributed by atoms with Gasteiger partial charge in [-0.2, -0.15) is 0 Å². The molecule has 0 amide bonds. The Labute approximate surface area is 109 Å². The minimum atomic E-state index is -1.24. The lowest BCUT2D eigenvalue weighted by Gasteiger charge is -2.25. The van der Waals surface area contributed by atoms with Crippen molar-refractivity contribution in [2.24, 2.45) is 0 Å². The number of hydrogen-bond acceptors (Lipinski definition) is 4. The van der Waals surface area contributed by atoms with Gasteiger partial charge in [0.15, 0.2) is 0 Å². The molecule has 1 atom stereocenters. The highest BCUT2D eigenvalue weighted by Crippen LogP contribution is 2.35. The fraction of sp³-hybridized carbons (Fsp3) is 0.250. The summed E-state index contributed by atoms with van der Waals surface area (Å²) in [5, 5.41) is 13.0. The van der Waals surface area contributed by atoms with Gasteiger partial charge in [0.1, 0.15) is 16.4 Å². The maximum atomic E-state index is 13.4. The van der Waals surface area contributed by atoms with Gasteiger partial charge < -0.3 is 5.11 Å². The van der Waals surface area contributed by atoms with Crippen molar-refractivity contribution in [3.8, 4) is 0 Å². The summed E-state index contributed by atoms with van der Waals surface area (Å²) in [6.45, 7) is 1.84. The molecule has 0 fully saturated rings. The molecule has 90 valence electrons. The van der Waals surface area contributed by atoms with Crippen molar-refractivity contribution in [2.75, 3.05) is 0 Å². The third-order valence-corrected chi connectivity index (χ3v) is 3.84. The van der Waals surface area contributed by atoms with Gasteiger partial charge in [0.05, 0.1) is 0 Å². The van der Waals surface area contributed by atoms with E-state index in [1.807, 2.05) is 6.92 Å². The molecule has 0 aliphatic carbocycles. The van der Waals surface area contributed by atoms with Crippen LogP contribution in [0.15, 0.2) is 34.7 Å². The highest BCUT2D eigenvalue weighted by Gasteiger charge is 2.32. The van der Waals surface area contributed by atoms with Crippen LogP contribution in [-0.2, 0) is 5.60 Å². The van der Waals surface area contributed by atoms with Crippen LogP contribution in [0.4, 0.5) is 4.39 Å². The van der Waals surface area contributed by atoms with Gasteiger partial charge in [0.25, 0.3) is 0 Å². The Bertz CT molecular complexity index is 495. The number of hydrogen-bond donors (Lipinski definition) is 2. The van der Waals surface area contributed by atoms with Crippen LogP contribution in [0.1, 0.15) is 23.9 Å². The Morgan fingerprint density at radius 1 is 1.47 bits per heavy atom. The lowest BCUT2D eigenvalue weighted by Crippen LogP contribution is -2.26. The average molecular weight is 269 g/mol. The maximum Gasteiger partial charge on any atom is 0.141 e. The Balaban J connectivity index is 2.55. The van der Waals surface area contributed by atoms with Crippen molar-refractivity contribution in [1.82, 2.24) is 4.98 Å². The van der Waals surface area contributed by atoms with E-state index >= 15 is 0 Å². The Morgan fingerprint density at radius 2 is 2.24 bits per heavy atom. The summed E-state index contributed by atoms with van der Waals surface area (Å²) < 4.78 is 13.4. The second-order valence-electron chi connectivity index (χ2n) is 3.75. The molecule has 0 saturated heterocycles. The van der Waals surface area contributed by atoms with Gasteiger partial charge in [0, 0.05) is 16.5 Å². The first-order valence-electron chi connectivity index (χ1n) is 5.18. The summed E-state index contributed by atoms with van der Waals surface area (Å²) in [5.41, 5.74) is -0.756. The van der Waals surface area contributed by atoms with Crippen molar-refractivity contribution in [3.63, 3.8) is 0 Å². The molecule has 0 radical (unpaired) electrons. The third kappa shape index (κ3) is 2.36. The van der Waals surface area contributed by atoms with Crippen molar-refractivity contribution in [1.29, 1.82) is 0 Å². The van der Waals surface area contributed by atoms with E-state index in [0.717, 1.165) is 0 Å². The van der Waals surface area contributed by atoms with Crippen LogP contribution in [0, 0.1) is 5.82 Å². The molecule has 0 spiro atoms. The molecule has 0 bridgehead atoms. The van der Waals surface area contributed by atoms with Gasteiger partial charge >= 0.3 is 0 Å². The molecule has 0 aliphatic heterocycles. The lowest BCUT2D eigenvalue weighted by molar-refractivity contribution is 0.0756. The summed E-state index contributed by atoms with van der Waals surface area (Å²) in [6.07, 6.45) is 2.05. The molecule has 5 heteroatoms. The number of benzene rings is 1. The molecular weight excluding hydrogens is 257 g/mol. The molecule has 1 heterocycles. The second-order valence-corrected chi connectivity index (χ2v) is 5.16. The van der Waals surface area contributed by atoms with Gasteiger partial charge in [0.2, 0.25) is 0 Å². The predicted molar refractivity (Wildman–Crippen MR) is 69.1 cm³/mol. The van der Waals surface area contributed by atoms with Gasteiger partial charge in [-0.1, -0.05) is 6.92 Å². The van der Waals surface area contributed by atoms with E-state index in [-0.39, 0.29) is 0 Å². The van der Waals surface area contributed by atoms with Gasteiger partial charge in [-0.15, -0.1) is 24.0 Å². The fourth-order valence-electron chi connectivity index (χ4n) is 1.72. The van der Waals surface area contributed by atoms with Crippen LogP contribution >= 0.6 is 24.0 Å². The summed E-state index contributed by atoms with van der Waals surface area (Å²) in [7, 11) is 0. The first kappa shape index (κ1) is 12.5. The maximum absolute atomic E-state index is 13.4. The van der Waals surface area contributed by atoms with Crippen LogP contribution in [0.5, 0.6) is 0 Å². The molecule has 2 nitrogen and oxygen atoms in total. The molecular formula is C12H12FNOS2. The van der Waals surface area contributed by atoms with Crippen LogP contribution in [-0.4, -0.2) is 10.1 Å². The van der Waals surface area contributed by atoms with Gasteiger partial charge in [-0.05, 0) is 30.2 Å². The van der Waals surface area contributed by atoms with Crippen LogP contribution in [0.25, 0.3) is 0 Å². The van der Waals surface area contributed by atoms with Gasteiger partial charge in [-0.3, -0.25) is 0 Å². The number of aromatic nitrogens is 1. The van der Waals surface area contributed by atoms with E-state index in [4.69, 9.17) is 0 Å². The normalized spacial score (nSPS) is 14.6. The first-order valence-corrected chi connectivity index (χ1v) is 6.51. The molecule has 2 rings (SSSR count). The largest absolute Gasteiger partial charge is 0.378 e. The zero-order valence-electron chi connectivity index (χ0n) is 9.22. The lowest BCUT2D eigenvalue weighted by atomic mass is 9.92. The smallest absolute Gasteiger partial charge is 0.141 e. The molecule has 2 aromatic rings. The summed E-state index contributed by atoms with van der Waals surface area (Å²) >= 11 is 5.48. The fourth-order valence-corrected chi connectivity index (χ4v) is 2.81. The molecule has 17 heavy (non-hydrogen) atoms. The van der Waals surface area contributed by atoms with E-state index in [1.165, 1.54) is 23.5 Å². The molecule has 0 saturated carbocycles. The third-order valence-electron chi connectivity index (χ3n) is 2.66. The number of thiol groups is 1. The topological polar surface area (TPSA) is 33.1 Å². The Morgan fingerprint density at radius 3 is 2.76 bits per heavy atom. The van der Waals surface area contributed by atoms with Crippen molar-refractivity contribution in [3.05, 3.63) is 46.2 Å². The SMILES string of the molecule is CCC(O)(c1cc(F)cc(S)c1)c1nccs1. The first-order chi connectivity index (χ1) is 8.06. The van der Waals surface area contributed by atoms with Crippen LogP contribution < -0.4 is 0 Å². The molecule has 1 unspecified atom stereocenters. The Hall–Kier alpha value is -0.910. The highest BCUT2D eigenvalue weighted by atomic mass is 32.1. The van der Waals surface area contributed by atoms with Crippen LogP contribution in [0.2, 0.25) is 0 Å². The molecule has 0 aliphatic rings. The van der Waals surface area contributed by atoms with Crippen molar-refractivity contribution in [2.45, 2.75) is 23.8 Å². The quantitative estimate of drug-likeness (QED) is 0.839. The number of nitrogens with zero attached hydrogens (tertiary/aromatic N) is 1. The van der Waals surface area contributed by atoms with Crippen LogP contribution in [0.3, 0.4) is 0 Å². The van der Waals surface area contributed by atoms with E-state index < -0.39 is 11.4 Å². The van der Waals surface area contributed by atoms with Gasteiger partial charge in [-0.25, -0.2) is 9.37 Å². The minimum Gasteiger partial charge on any atom is -0.378 e. The molecule has 1 aromatic carbocycles. The number of thiazole rings is 1. The van der Waals surface area contributed by atoms with Crippen molar-refractivity contribution < 1.29 is 9.50 Å². The van der Waals surface area contributed by atoms with E-state index in [2.05, 4.69) is 17.6 Å². The molecule has 1 N–H and O–H groups in total. The summed E-state index contributed by atoms with van der Waals surface area (Å²) in [4.78, 5) is 4.61. The standard InChI is InChI=1S/C12H12FNOS2/c1-2-12(15,11-14-3-4-17-11)8-5-9(13)7-10(16)6-8/h3-7,15-16H,2H2,1H3. The summed E-state index contributed by atoms with van der Waals surface area (Å²) in [5.74, 6) is -0.407. The van der Waals surface area contributed by atoms with Crippen molar-refractivity contribution >= 4 is 24.0 Å². The van der Waals surface area contributed by atoms with E-state index in [1.54, 1.807) is 17.6 Å². The average Bonchev–Trinajstić information content (AvgIpc) is 2.80. The second kappa shape index (κ2) is 4.76. The monoisotopic (exact) mass is 269 g/mol. The Kier molecular flexibility index (Phi) is 3.51. The number of rotatable bonds is 3. The van der Waals surface area contributed by atoms with E-state index in [0.29, 0.717) is 21.9 Å². The number of aliphatic hydroxyl groups is 1. The summed E-state index contributed by atoms with van der Waals surface area (Å²) in [6, 6.07) is 4.30. The zero-order valence-corrected chi connectivity index (χ0v) is 10.9. The zero-order chi connectivity index (χ0) is 12.5. The van der Waals surface area contributed by atoms with E-state index in [9.17, 15) is 9.50 Å². The number of halogens is 1.